The monoisotopic (exact) mass is 444 g/mol. The number of carbonyl (C=O) groups excluding carboxylic acids is 1. The molecule has 4 rings (SSSR count). The van der Waals surface area contributed by atoms with Crippen LogP contribution < -0.4 is 10.7 Å². The number of amides is 1. The summed E-state index contributed by atoms with van der Waals surface area (Å²) in [6, 6.07) is 22.2. The number of rotatable bonds is 7. The predicted molar refractivity (Wildman–Crippen MR) is 127 cm³/mol. The number of phenolic OH excluding ortho intramolecular Hbond substituents is 1. The minimum atomic E-state index is -0.414. The lowest BCUT2D eigenvalue weighted by Crippen LogP contribution is -2.17. The van der Waals surface area contributed by atoms with Crippen molar-refractivity contribution in [2.24, 2.45) is 5.10 Å². The molecule has 0 aliphatic carbocycles. The van der Waals surface area contributed by atoms with Crippen LogP contribution in [0.4, 0.5) is 0 Å². The van der Waals surface area contributed by atoms with E-state index < -0.39 is 5.91 Å². The standard InChI is InChI=1S/C25H21ClN4O2/c26-23-13-17(10-11-24(23)31)25(32)30-29-15-19-9-8-18(21-6-1-2-7-22(19)21)14-27-16-20-5-3-4-12-28-20/h1-13,15,27,31H,14,16H2,(H,30,32)/b29-15+. The largest absolute Gasteiger partial charge is 0.506 e. The van der Waals surface area contributed by atoms with Crippen LogP contribution in [0.2, 0.25) is 5.02 Å². The minimum absolute atomic E-state index is 0.0761. The number of nitrogens with one attached hydrogen (secondary N) is 2. The molecule has 0 radical (unpaired) electrons. The minimum Gasteiger partial charge on any atom is -0.506 e. The fraction of sp³-hybridized carbons (Fsp3) is 0.0800. The molecule has 0 saturated heterocycles. The fourth-order valence-corrected chi connectivity index (χ4v) is 3.53. The van der Waals surface area contributed by atoms with Crippen molar-refractivity contribution < 1.29 is 9.90 Å². The highest BCUT2D eigenvalue weighted by atomic mass is 35.5. The molecular formula is C25H21ClN4O2. The van der Waals surface area contributed by atoms with E-state index in [1.807, 2.05) is 42.5 Å². The van der Waals surface area contributed by atoms with E-state index in [-0.39, 0.29) is 10.8 Å². The summed E-state index contributed by atoms with van der Waals surface area (Å²) >= 11 is 5.86. The van der Waals surface area contributed by atoms with Gasteiger partial charge in [-0.05, 0) is 46.7 Å². The van der Waals surface area contributed by atoms with Crippen molar-refractivity contribution in [1.29, 1.82) is 0 Å². The molecule has 0 bridgehead atoms. The molecule has 160 valence electrons. The molecule has 7 heteroatoms. The Labute approximate surface area is 190 Å². The Kier molecular flexibility index (Phi) is 6.75. The zero-order valence-electron chi connectivity index (χ0n) is 17.1. The van der Waals surface area contributed by atoms with Crippen LogP contribution in [0.15, 0.2) is 84.1 Å². The van der Waals surface area contributed by atoms with E-state index in [4.69, 9.17) is 11.6 Å². The number of pyridine rings is 1. The first-order chi connectivity index (χ1) is 15.6. The molecule has 0 aliphatic heterocycles. The number of hydrogen-bond acceptors (Lipinski definition) is 5. The fourth-order valence-electron chi connectivity index (χ4n) is 3.35. The van der Waals surface area contributed by atoms with Gasteiger partial charge in [-0.3, -0.25) is 9.78 Å². The molecule has 1 amide bonds. The van der Waals surface area contributed by atoms with Gasteiger partial charge in [0, 0.05) is 30.4 Å². The second kappa shape index (κ2) is 10.0. The summed E-state index contributed by atoms with van der Waals surface area (Å²) in [4.78, 5) is 16.6. The van der Waals surface area contributed by atoms with Gasteiger partial charge in [-0.25, -0.2) is 5.43 Å². The molecule has 0 aliphatic rings. The molecule has 6 nitrogen and oxygen atoms in total. The highest BCUT2D eigenvalue weighted by Crippen LogP contribution is 2.24. The number of hydrazone groups is 1. The highest BCUT2D eigenvalue weighted by molar-refractivity contribution is 6.32. The Hall–Kier alpha value is -3.74. The molecule has 0 saturated carbocycles. The average Bonchev–Trinajstić information content (AvgIpc) is 2.82. The van der Waals surface area contributed by atoms with Gasteiger partial charge in [0.05, 0.1) is 16.9 Å². The van der Waals surface area contributed by atoms with Gasteiger partial charge < -0.3 is 10.4 Å². The topological polar surface area (TPSA) is 86.6 Å². The first kappa shape index (κ1) is 21.5. The van der Waals surface area contributed by atoms with Gasteiger partial charge in [-0.1, -0.05) is 54.1 Å². The van der Waals surface area contributed by atoms with Gasteiger partial charge in [0.25, 0.3) is 5.91 Å². The van der Waals surface area contributed by atoms with E-state index in [2.05, 4.69) is 33.0 Å². The second-order valence-electron chi connectivity index (χ2n) is 7.15. The maximum absolute atomic E-state index is 12.3. The summed E-state index contributed by atoms with van der Waals surface area (Å²) in [5.41, 5.74) is 5.85. The highest BCUT2D eigenvalue weighted by Gasteiger charge is 2.08. The van der Waals surface area contributed by atoms with E-state index in [1.54, 1.807) is 12.4 Å². The summed E-state index contributed by atoms with van der Waals surface area (Å²) in [7, 11) is 0. The molecule has 1 aromatic heterocycles. The smallest absolute Gasteiger partial charge is 0.271 e. The Bertz CT molecular complexity index is 1280. The van der Waals surface area contributed by atoms with E-state index in [1.165, 1.54) is 18.2 Å². The molecule has 3 N–H and O–H groups in total. The molecule has 0 fully saturated rings. The van der Waals surface area contributed by atoms with Crippen molar-refractivity contribution >= 4 is 34.5 Å². The van der Waals surface area contributed by atoms with Crippen molar-refractivity contribution in [3.8, 4) is 5.75 Å². The summed E-state index contributed by atoms with van der Waals surface area (Å²) in [5, 5.41) is 19.3. The van der Waals surface area contributed by atoms with Crippen LogP contribution in [0, 0.1) is 0 Å². The zero-order chi connectivity index (χ0) is 22.3. The number of aromatic nitrogens is 1. The second-order valence-corrected chi connectivity index (χ2v) is 7.56. The van der Waals surface area contributed by atoms with Crippen LogP contribution in [0.3, 0.4) is 0 Å². The first-order valence-corrected chi connectivity index (χ1v) is 10.4. The lowest BCUT2D eigenvalue weighted by molar-refractivity contribution is 0.0955. The number of benzene rings is 3. The molecule has 32 heavy (non-hydrogen) atoms. The third-order valence-electron chi connectivity index (χ3n) is 4.98. The Morgan fingerprint density at radius 3 is 2.59 bits per heavy atom. The van der Waals surface area contributed by atoms with Crippen molar-refractivity contribution in [1.82, 2.24) is 15.7 Å². The quantitative estimate of drug-likeness (QED) is 0.286. The molecule has 1 heterocycles. The van der Waals surface area contributed by atoms with Crippen LogP contribution in [-0.4, -0.2) is 22.2 Å². The number of carbonyl (C=O) groups is 1. The van der Waals surface area contributed by atoms with Crippen LogP contribution in [0.5, 0.6) is 5.75 Å². The number of fused-ring (bicyclic) bond motifs is 1. The van der Waals surface area contributed by atoms with E-state index in [9.17, 15) is 9.90 Å². The third-order valence-corrected chi connectivity index (χ3v) is 5.28. The number of halogens is 1. The Morgan fingerprint density at radius 1 is 1.00 bits per heavy atom. The zero-order valence-corrected chi connectivity index (χ0v) is 17.9. The molecule has 0 atom stereocenters. The van der Waals surface area contributed by atoms with Crippen LogP contribution >= 0.6 is 11.6 Å². The van der Waals surface area contributed by atoms with Crippen molar-refractivity contribution in [3.63, 3.8) is 0 Å². The Balaban J connectivity index is 1.46. The predicted octanol–water partition coefficient (Wildman–Crippen LogP) is 4.65. The van der Waals surface area contributed by atoms with Gasteiger partial charge in [0.15, 0.2) is 0 Å². The Morgan fingerprint density at radius 2 is 1.81 bits per heavy atom. The van der Waals surface area contributed by atoms with Gasteiger partial charge in [0.1, 0.15) is 5.75 Å². The van der Waals surface area contributed by atoms with Gasteiger partial charge in [-0.15, -0.1) is 0 Å². The normalized spacial score (nSPS) is 11.2. The summed E-state index contributed by atoms with van der Waals surface area (Å²) in [6.45, 7) is 1.39. The van der Waals surface area contributed by atoms with Crippen molar-refractivity contribution in [2.45, 2.75) is 13.1 Å². The molecular weight excluding hydrogens is 424 g/mol. The first-order valence-electron chi connectivity index (χ1n) is 10.0. The van der Waals surface area contributed by atoms with Crippen LogP contribution in [0.25, 0.3) is 10.8 Å². The average molecular weight is 445 g/mol. The molecule has 0 unspecified atom stereocenters. The maximum atomic E-state index is 12.3. The summed E-state index contributed by atoms with van der Waals surface area (Å²) in [5.74, 6) is -0.490. The van der Waals surface area contributed by atoms with Gasteiger partial charge >= 0.3 is 0 Å². The number of phenols is 1. The SMILES string of the molecule is O=C(N/N=C/c1ccc(CNCc2ccccn2)c2ccccc12)c1ccc(O)c(Cl)c1. The number of nitrogens with zero attached hydrogens (tertiary/aromatic N) is 2. The molecule has 0 spiro atoms. The van der Waals surface area contributed by atoms with E-state index >= 15 is 0 Å². The maximum Gasteiger partial charge on any atom is 0.271 e. The van der Waals surface area contributed by atoms with E-state index in [0.29, 0.717) is 18.7 Å². The van der Waals surface area contributed by atoms with Crippen LogP contribution in [-0.2, 0) is 13.1 Å². The van der Waals surface area contributed by atoms with Crippen LogP contribution in [0.1, 0.15) is 27.2 Å². The van der Waals surface area contributed by atoms with Crippen molar-refractivity contribution in [2.75, 3.05) is 0 Å². The van der Waals surface area contributed by atoms with Crippen molar-refractivity contribution in [3.05, 3.63) is 106 Å². The van der Waals surface area contributed by atoms with E-state index in [0.717, 1.165) is 27.6 Å². The lowest BCUT2D eigenvalue weighted by atomic mass is 10.00. The number of hydrogen-bond donors (Lipinski definition) is 3. The van der Waals surface area contributed by atoms with Gasteiger partial charge in [0.2, 0.25) is 0 Å². The summed E-state index contributed by atoms with van der Waals surface area (Å²) < 4.78 is 0. The summed E-state index contributed by atoms with van der Waals surface area (Å²) in [6.07, 6.45) is 3.41. The van der Waals surface area contributed by atoms with Gasteiger partial charge in [-0.2, -0.15) is 5.10 Å². The third kappa shape index (κ3) is 5.11. The lowest BCUT2D eigenvalue weighted by Gasteiger charge is -2.10. The molecule has 3 aromatic carbocycles. The number of aromatic hydroxyl groups is 1. The molecule has 4 aromatic rings.